The fraction of sp³-hybridized carbons (Fsp3) is 0.375. The van der Waals surface area contributed by atoms with Crippen LogP contribution in [0.1, 0.15) is 18.0 Å². The van der Waals surface area contributed by atoms with Gasteiger partial charge in [0.15, 0.2) is 5.82 Å². The number of nitrogens with zero attached hydrogens (tertiary/aromatic N) is 2. The molecule has 4 N–H and O–H groups in total. The van der Waals surface area contributed by atoms with Gasteiger partial charge in [0.05, 0.1) is 12.1 Å². The molecule has 3 rings (SSSR count). The van der Waals surface area contributed by atoms with Gasteiger partial charge in [-0.25, -0.2) is 0 Å². The third-order valence-corrected chi connectivity index (χ3v) is 3.90. The number of benzene rings is 1. The van der Waals surface area contributed by atoms with Gasteiger partial charge in [0.25, 0.3) is 0 Å². The van der Waals surface area contributed by atoms with Crippen LogP contribution in [0.5, 0.6) is 0 Å². The van der Waals surface area contributed by atoms with Crippen molar-refractivity contribution in [2.45, 2.75) is 24.9 Å². The van der Waals surface area contributed by atoms with E-state index in [0.29, 0.717) is 18.3 Å². The fourth-order valence-corrected chi connectivity index (χ4v) is 2.65. The summed E-state index contributed by atoms with van der Waals surface area (Å²) in [7, 11) is 0. The second-order valence-corrected chi connectivity index (χ2v) is 5.61. The van der Waals surface area contributed by atoms with Gasteiger partial charge in [-0.15, -0.1) is 12.4 Å². The van der Waals surface area contributed by atoms with Crippen LogP contribution in [0.4, 0.5) is 5.82 Å². The average Bonchev–Trinajstić information content (AvgIpc) is 3.19. The Morgan fingerprint density at radius 1 is 1.39 bits per heavy atom. The average molecular weight is 336 g/mol. The first-order valence-corrected chi connectivity index (χ1v) is 7.58. The van der Waals surface area contributed by atoms with Crippen LogP contribution in [-0.4, -0.2) is 34.8 Å². The van der Waals surface area contributed by atoms with E-state index in [1.54, 1.807) is 0 Å². The summed E-state index contributed by atoms with van der Waals surface area (Å²) in [5, 5.41) is 10.5. The molecule has 0 aliphatic carbocycles. The molecule has 124 valence electrons. The normalized spacial score (nSPS) is 18.2. The number of aromatic nitrogens is 2. The summed E-state index contributed by atoms with van der Waals surface area (Å²) in [6.07, 6.45) is 3.47. The molecule has 0 spiro atoms. The van der Waals surface area contributed by atoms with Crippen LogP contribution in [0.15, 0.2) is 42.6 Å². The predicted molar refractivity (Wildman–Crippen MR) is 92.7 cm³/mol. The Morgan fingerprint density at radius 2 is 2.17 bits per heavy atom. The number of halogens is 1. The molecule has 1 aliphatic rings. The molecule has 23 heavy (non-hydrogen) atoms. The van der Waals surface area contributed by atoms with Crippen molar-refractivity contribution in [3.05, 3.63) is 48.2 Å². The van der Waals surface area contributed by atoms with E-state index in [-0.39, 0.29) is 18.3 Å². The van der Waals surface area contributed by atoms with Gasteiger partial charge in [-0.05, 0) is 24.9 Å². The van der Waals surface area contributed by atoms with E-state index >= 15 is 0 Å². The quantitative estimate of drug-likeness (QED) is 0.770. The molecule has 1 aromatic carbocycles. The van der Waals surface area contributed by atoms with Crippen LogP contribution in [0.25, 0.3) is 0 Å². The number of anilines is 1. The van der Waals surface area contributed by atoms with Gasteiger partial charge >= 0.3 is 0 Å². The number of nitrogens with two attached hydrogens (primary N) is 1. The van der Waals surface area contributed by atoms with Gasteiger partial charge in [0.2, 0.25) is 5.91 Å². The maximum Gasteiger partial charge on any atom is 0.242 e. The summed E-state index contributed by atoms with van der Waals surface area (Å²) >= 11 is 0. The van der Waals surface area contributed by atoms with E-state index in [1.165, 1.54) is 0 Å². The van der Waals surface area contributed by atoms with Crippen LogP contribution < -0.4 is 16.4 Å². The number of carbonyl (C=O) groups excluding carboxylic acids is 1. The van der Waals surface area contributed by atoms with Gasteiger partial charge in [-0.1, -0.05) is 30.3 Å². The first-order valence-electron chi connectivity index (χ1n) is 7.58. The number of amides is 1. The van der Waals surface area contributed by atoms with Crippen molar-refractivity contribution >= 4 is 24.1 Å². The molecule has 1 saturated heterocycles. The van der Waals surface area contributed by atoms with Crippen LogP contribution in [0.3, 0.4) is 0 Å². The molecule has 2 unspecified atom stereocenters. The SMILES string of the molecule is Cl.NC(Cc1ccccc1)C(=O)Nc1ccn(C2CCNC2)n1. The molecule has 2 aromatic rings. The van der Waals surface area contributed by atoms with Crippen LogP contribution in [0.2, 0.25) is 0 Å². The van der Waals surface area contributed by atoms with Crippen molar-refractivity contribution in [1.82, 2.24) is 15.1 Å². The minimum atomic E-state index is -0.583. The van der Waals surface area contributed by atoms with Gasteiger partial charge in [-0.3, -0.25) is 9.48 Å². The number of hydrogen-bond donors (Lipinski definition) is 3. The van der Waals surface area contributed by atoms with Crippen LogP contribution >= 0.6 is 12.4 Å². The second-order valence-electron chi connectivity index (χ2n) is 5.61. The third kappa shape index (κ3) is 4.54. The smallest absolute Gasteiger partial charge is 0.242 e. The van der Waals surface area contributed by atoms with Crippen molar-refractivity contribution < 1.29 is 4.79 Å². The van der Waals surface area contributed by atoms with Crippen molar-refractivity contribution in [3.8, 4) is 0 Å². The van der Waals surface area contributed by atoms with E-state index in [4.69, 9.17) is 5.73 Å². The van der Waals surface area contributed by atoms with Crippen molar-refractivity contribution in [3.63, 3.8) is 0 Å². The Hall–Kier alpha value is -1.89. The monoisotopic (exact) mass is 335 g/mol. The fourth-order valence-electron chi connectivity index (χ4n) is 2.65. The van der Waals surface area contributed by atoms with Gasteiger partial charge in [-0.2, -0.15) is 5.10 Å². The number of nitrogens with one attached hydrogen (secondary N) is 2. The highest BCUT2D eigenvalue weighted by molar-refractivity contribution is 5.94. The summed E-state index contributed by atoms with van der Waals surface area (Å²) in [5.41, 5.74) is 7.02. The number of hydrogen-bond acceptors (Lipinski definition) is 4. The largest absolute Gasteiger partial charge is 0.320 e. The third-order valence-electron chi connectivity index (χ3n) is 3.90. The Balaban J connectivity index is 0.00000192. The van der Waals surface area contributed by atoms with Crippen LogP contribution in [0, 0.1) is 0 Å². The summed E-state index contributed by atoms with van der Waals surface area (Å²) in [4.78, 5) is 12.1. The Labute approximate surface area is 141 Å². The molecule has 1 aliphatic heterocycles. The van der Waals surface area contributed by atoms with E-state index in [9.17, 15) is 4.79 Å². The minimum Gasteiger partial charge on any atom is -0.320 e. The maximum atomic E-state index is 12.1. The van der Waals surface area contributed by atoms with Crippen molar-refractivity contribution in [2.75, 3.05) is 18.4 Å². The van der Waals surface area contributed by atoms with Gasteiger partial charge < -0.3 is 16.4 Å². The highest BCUT2D eigenvalue weighted by atomic mass is 35.5. The Morgan fingerprint density at radius 3 is 2.87 bits per heavy atom. The van der Waals surface area contributed by atoms with E-state index in [2.05, 4.69) is 15.7 Å². The molecular formula is C16H22ClN5O. The van der Waals surface area contributed by atoms with Crippen LogP contribution in [-0.2, 0) is 11.2 Å². The zero-order valence-electron chi connectivity index (χ0n) is 12.8. The molecule has 6 nitrogen and oxygen atoms in total. The predicted octanol–water partition coefficient (Wildman–Crippen LogP) is 1.35. The number of carbonyl (C=O) groups is 1. The second kappa shape index (κ2) is 8.10. The summed E-state index contributed by atoms with van der Waals surface area (Å²) in [5.74, 6) is 0.346. The zero-order chi connectivity index (χ0) is 15.4. The molecule has 0 bridgehead atoms. The summed E-state index contributed by atoms with van der Waals surface area (Å²) in [6, 6.07) is 11.4. The standard InChI is InChI=1S/C16H21N5O.ClH/c17-14(10-12-4-2-1-3-5-12)16(22)19-15-7-9-21(20-15)13-6-8-18-11-13;/h1-5,7,9,13-14,18H,6,8,10-11,17H2,(H,19,20,22);1H. The first kappa shape index (κ1) is 17.5. The molecule has 7 heteroatoms. The lowest BCUT2D eigenvalue weighted by atomic mass is 10.1. The zero-order valence-corrected chi connectivity index (χ0v) is 13.6. The van der Waals surface area contributed by atoms with Gasteiger partial charge in [0.1, 0.15) is 0 Å². The lowest BCUT2D eigenvalue weighted by Gasteiger charge is -2.11. The highest BCUT2D eigenvalue weighted by Crippen LogP contribution is 2.16. The minimum absolute atomic E-state index is 0. The lowest BCUT2D eigenvalue weighted by molar-refractivity contribution is -0.117. The summed E-state index contributed by atoms with van der Waals surface area (Å²) in [6.45, 7) is 1.93. The number of rotatable bonds is 5. The Bertz CT molecular complexity index is 624. The first-order chi connectivity index (χ1) is 10.7. The molecule has 1 aromatic heterocycles. The molecule has 1 fully saturated rings. The van der Waals surface area contributed by atoms with E-state index in [1.807, 2.05) is 47.3 Å². The van der Waals surface area contributed by atoms with Crippen molar-refractivity contribution in [2.24, 2.45) is 5.73 Å². The molecular weight excluding hydrogens is 314 g/mol. The molecule has 2 atom stereocenters. The van der Waals surface area contributed by atoms with E-state index in [0.717, 1.165) is 25.1 Å². The molecule has 1 amide bonds. The maximum absolute atomic E-state index is 12.1. The Kier molecular flexibility index (Phi) is 6.15. The lowest BCUT2D eigenvalue weighted by Crippen LogP contribution is -2.37. The highest BCUT2D eigenvalue weighted by Gasteiger charge is 2.19. The molecule has 2 heterocycles. The molecule has 0 radical (unpaired) electrons. The van der Waals surface area contributed by atoms with Crippen molar-refractivity contribution in [1.29, 1.82) is 0 Å². The topological polar surface area (TPSA) is 85.0 Å². The summed E-state index contributed by atoms with van der Waals surface area (Å²) < 4.78 is 1.90. The molecule has 0 saturated carbocycles. The van der Waals surface area contributed by atoms with E-state index < -0.39 is 6.04 Å². The van der Waals surface area contributed by atoms with Gasteiger partial charge in [0, 0.05) is 18.8 Å².